The van der Waals surface area contributed by atoms with Gasteiger partial charge in [-0.15, -0.1) is 0 Å². The lowest BCUT2D eigenvalue weighted by Crippen LogP contribution is -1.78. The molecule has 0 fully saturated rings. The molecule has 3 heteroatoms. The Hall–Kier alpha value is -1.51. The van der Waals surface area contributed by atoms with E-state index in [9.17, 15) is 0 Å². The van der Waals surface area contributed by atoms with Crippen LogP contribution in [0, 0.1) is 13.8 Å². The Labute approximate surface area is 77.6 Å². The standard InChI is InChI=1S/C8H10O.C2H4O2/c1-6-4-3-5-8(9)7(6)2;1-2(3)4/h3-5,9H,1-2H3;1H3,(H,3,4). The summed E-state index contributed by atoms with van der Waals surface area (Å²) in [5.74, 6) is -0.449. The second-order valence-corrected chi connectivity index (χ2v) is 2.74. The van der Waals surface area contributed by atoms with Gasteiger partial charge in [-0.3, -0.25) is 4.79 Å². The zero-order valence-corrected chi connectivity index (χ0v) is 8.03. The summed E-state index contributed by atoms with van der Waals surface area (Å²) in [5, 5.41) is 16.5. The van der Waals surface area contributed by atoms with Crippen LogP contribution in [0.4, 0.5) is 0 Å². The monoisotopic (exact) mass is 182 g/mol. The Morgan fingerprint density at radius 2 is 1.77 bits per heavy atom. The Balaban J connectivity index is 0.000000310. The minimum absolute atomic E-state index is 0.384. The van der Waals surface area contributed by atoms with Crippen LogP contribution in [-0.4, -0.2) is 16.2 Å². The molecular formula is C10H14O3. The summed E-state index contributed by atoms with van der Waals surface area (Å²) in [5.41, 5.74) is 2.10. The number of hydrogen-bond acceptors (Lipinski definition) is 2. The first-order valence-electron chi connectivity index (χ1n) is 3.90. The highest BCUT2D eigenvalue weighted by Crippen LogP contribution is 2.17. The predicted molar refractivity (Wildman–Crippen MR) is 50.9 cm³/mol. The van der Waals surface area contributed by atoms with Gasteiger partial charge in [0.1, 0.15) is 5.75 Å². The molecule has 0 aromatic heterocycles. The number of carboxylic acids is 1. The predicted octanol–water partition coefficient (Wildman–Crippen LogP) is 2.10. The summed E-state index contributed by atoms with van der Waals surface area (Å²) in [6, 6.07) is 5.52. The first kappa shape index (κ1) is 11.5. The van der Waals surface area contributed by atoms with E-state index < -0.39 is 5.97 Å². The summed E-state index contributed by atoms with van der Waals surface area (Å²) in [4.78, 5) is 9.00. The van der Waals surface area contributed by atoms with Gasteiger partial charge in [-0.05, 0) is 31.0 Å². The molecule has 0 aliphatic carbocycles. The van der Waals surface area contributed by atoms with Crippen molar-refractivity contribution in [1.82, 2.24) is 0 Å². The summed E-state index contributed by atoms with van der Waals surface area (Å²) < 4.78 is 0. The quantitative estimate of drug-likeness (QED) is 0.646. The van der Waals surface area contributed by atoms with Crippen LogP contribution in [0.5, 0.6) is 5.75 Å². The van der Waals surface area contributed by atoms with Crippen molar-refractivity contribution >= 4 is 5.97 Å². The van der Waals surface area contributed by atoms with Crippen molar-refractivity contribution in [2.75, 3.05) is 0 Å². The molecule has 2 N–H and O–H groups in total. The van der Waals surface area contributed by atoms with Crippen LogP contribution >= 0.6 is 0 Å². The van der Waals surface area contributed by atoms with Gasteiger partial charge in [0.05, 0.1) is 0 Å². The van der Waals surface area contributed by atoms with Crippen LogP contribution < -0.4 is 0 Å². The summed E-state index contributed by atoms with van der Waals surface area (Å²) in [6.45, 7) is 4.97. The molecule has 0 aliphatic rings. The number of rotatable bonds is 0. The number of phenolic OH excluding ortho intramolecular Hbond substituents is 1. The number of aryl methyl sites for hydroxylation is 1. The van der Waals surface area contributed by atoms with Gasteiger partial charge >= 0.3 is 0 Å². The zero-order chi connectivity index (χ0) is 10.4. The topological polar surface area (TPSA) is 57.5 Å². The number of carboxylic acid groups (broad SMARTS) is 1. The van der Waals surface area contributed by atoms with Gasteiger partial charge in [0.2, 0.25) is 0 Å². The molecule has 1 aromatic rings. The summed E-state index contributed by atoms with van der Waals surface area (Å²) in [6.07, 6.45) is 0. The van der Waals surface area contributed by atoms with E-state index in [-0.39, 0.29) is 0 Å². The first-order chi connectivity index (χ1) is 5.95. The van der Waals surface area contributed by atoms with E-state index in [1.807, 2.05) is 26.0 Å². The van der Waals surface area contributed by atoms with Gasteiger partial charge < -0.3 is 10.2 Å². The molecule has 0 heterocycles. The first-order valence-corrected chi connectivity index (χ1v) is 3.90. The molecule has 13 heavy (non-hydrogen) atoms. The van der Waals surface area contributed by atoms with Crippen molar-refractivity contribution < 1.29 is 15.0 Å². The third-order valence-electron chi connectivity index (χ3n) is 1.58. The summed E-state index contributed by atoms with van der Waals surface area (Å²) >= 11 is 0. The number of aliphatic carboxylic acids is 1. The fraction of sp³-hybridized carbons (Fsp3) is 0.300. The minimum Gasteiger partial charge on any atom is -0.508 e. The molecule has 0 spiro atoms. The maximum atomic E-state index is 9.10. The maximum Gasteiger partial charge on any atom is 0.300 e. The van der Waals surface area contributed by atoms with Crippen LogP contribution in [0.3, 0.4) is 0 Å². The number of phenols is 1. The zero-order valence-electron chi connectivity index (χ0n) is 8.03. The highest BCUT2D eigenvalue weighted by atomic mass is 16.4. The van der Waals surface area contributed by atoms with E-state index in [2.05, 4.69) is 0 Å². The molecule has 0 aliphatic heterocycles. The second-order valence-electron chi connectivity index (χ2n) is 2.74. The third kappa shape index (κ3) is 4.85. The molecule has 0 atom stereocenters. The van der Waals surface area contributed by atoms with Crippen molar-refractivity contribution in [3.8, 4) is 5.75 Å². The molecule has 0 unspecified atom stereocenters. The lowest BCUT2D eigenvalue weighted by Gasteiger charge is -1.99. The summed E-state index contributed by atoms with van der Waals surface area (Å²) in [7, 11) is 0. The van der Waals surface area contributed by atoms with Crippen molar-refractivity contribution in [2.24, 2.45) is 0 Å². The van der Waals surface area contributed by atoms with Crippen LogP contribution in [0.15, 0.2) is 18.2 Å². The minimum atomic E-state index is -0.833. The number of aromatic hydroxyl groups is 1. The van der Waals surface area contributed by atoms with E-state index >= 15 is 0 Å². The molecule has 3 nitrogen and oxygen atoms in total. The van der Waals surface area contributed by atoms with E-state index in [0.29, 0.717) is 5.75 Å². The number of benzene rings is 1. The molecule has 1 rings (SSSR count). The van der Waals surface area contributed by atoms with Gasteiger partial charge in [0.25, 0.3) is 5.97 Å². The van der Waals surface area contributed by atoms with Crippen LogP contribution in [0.1, 0.15) is 18.1 Å². The van der Waals surface area contributed by atoms with Crippen molar-refractivity contribution in [3.63, 3.8) is 0 Å². The molecule has 0 bridgehead atoms. The number of carbonyl (C=O) groups is 1. The highest BCUT2D eigenvalue weighted by Gasteiger charge is 1.94. The van der Waals surface area contributed by atoms with Crippen molar-refractivity contribution in [3.05, 3.63) is 29.3 Å². The lowest BCUT2D eigenvalue weighted by molar-refractivity contribution is -0.134. The lowest BCUT2D eigenvalue weighted by atomic mass is 10.1. The van der Waals surface area contributed by atoms with Gasteiger partial charge in [-0.25, -0.2) is 0 Å². The Kier molecular flexibility index (Phi) is 4.59. The fourth-order valence-electron chi connectivity index (χ4n) is 0.736. The molecule has 72 valence electrons. The highest BCUT2D eigenvalue weighted by molar-refractivity contribution is 5.62. The third-order valence-corrected chi connectivity index (χ3v) is 1.58. The fourth-order valence-corrected chi connectivity index (χ4v) is 0.736. The van der Waals surface area contributed by atoms with E-state index in [0.717, 1.165) is 18.1 Å². The van der Waals surface area contributed by atoms with E-state index in [1.54, 1.807) is 6.07 Å². The molecule has 0 radical (unpaired) electrons. The Morgan fingerprint density at radius 3 is 2.08 bits per heavy atom. The molecule has 0 saturated heterocycles. The number of hydrogen-bond donors (Lipinski definition) is 2. The van der Waals surface area contributed by atoms with Gasteiger partial charge in [-0.1, -0.05) is 12.1 Å². The van der Waals surface area contributed by atoms with Gasteiger partial charge in [-0.2, -0.15) is 0 Å². The second kappa shape index (κ2) is 5.19. The maximum absolute atomic E-state index is 9.10. The van der Waals surface area contributed by atoms with Crippen molar-refractivity contribution in [1.29, 1.82) is 0 Å². The molecule has 1 aromatic carbocycles. The van der Waals surface area contributed by atoms with Gasteiger partial charge in [0.15, 0.2) is 0 Å². The van der Waals surface area contributed by atoms with Crippen LogP contribution in [0.2, 0.25) is 0 Å². The molecule has 0 amide bonds. The Bertz CT molecular complexity index is 268. The largest absolute Gasteiger partial charge is 0.508 e. The average Bonchev–Trinajstić information content (AvgIpc) is 1.99. The van der Waals surface area contributed by atoms with E-state index in [1.165, 1.54) is 0 Å². The van der Waals surface area contributed by atoms with E-state index in [4.69, 9.17) is 15.0 Å². The smallest absolute Gasteiger partial charge is 0.300 e. The van der Waals surface area contributed by atoms with Crippen LogP contribution in [-0.2, 0) is 4.79 Å². The van der Waals surface area contributed by atoms with Crippen molar-refractivity contribution in [2.45, 2.75) is 20.8 Å². The van der Waals surface area contributed by atoms with Gasteiger partial charge in [0, 0.05) is 6.92 Å². The Morgan fingerprint density at radius 1 is 1.31 bits per heavy atom. The van der Waals surface area contributed by atoms with Crippen LogP contribution in [0.25, 0.3) is 0 Å². The average molecular weight is 182 g/mol. The SMILES string of the molecule is CC(=O)O.Cc1cccc(O)c1C. The molecular weight excluding hydrogens is 168 g/mol. The normalized spacial score (nSPS) is 8.54. The molecule has 0 saturated carbocycles.